The molecule has 2 rings (SSSR count). The van der Waals surface area contributed by atoms with Crippen LogP contribution in [0.4, 0.5) is 0 Å². The Hall–Kier alpha value is -0.840. The van der Waals surface area contributed by atoms with Crippen molar-refractivity contribution in [3.05, 3.63) is 28.8 Å². The molecule has 1 atom stereocenters. The standard InChI is InChI=1S/C12H14ClNO2S/c13-9-1-2-11(10(5-9)12(14)17)16-7-8-3-4-15-6-8/h1-2,5,8H,3-4,6-7H2,(H2,14,17). The van der Waals surface area contributed by atoms with E-state index >= 15 is 0 Å². The second-order valence-electron chi connectivity index (χ2n) is 4.05. The fourth-order valence-electron chi connectivity index (χ4n) is 1.74. The Morgan fingerprint density at radius 1 is 1.59 bits per heavy atom. The van der Waals surface area contributed by atoms with Crippen molar-refractivity contribution in [2.24, 2.45) is 11.7 Å². The van der Waals surface area contributed by atoms with Crippen LogP contribution in [0.3, 0.4) is 0 Å². The first-order valence-electron chi connectivity index (χ1n) is 5.46. The van der Waals surface area contributed by atoms with Crippen LogP contribution in [0.15, 0.2) is 18.2 Å². The first-order chi connectivity index (χ1) is 8.16. The first kappa shape index (κ1) is 12.6. The van der Waals surface area contributed by atoms with Gasteiger partial charge in [-0.05, 0) is 24.6 Å². The summed E-state index contributed by atoms with van der Waals surface area (Å²) in [6.45, 7) is 2.20. The number of nitrogens with two attached hydrogens (primary N) is 1. The summed E-state index contributed by atoms with van der Waals surface area (Å²) in [5.41, 5.74) is 6.32. The summed E-state index contributed by atoms with van der Waals surface area (Å²) >= 11 is 10.9. The highest BCUT2D eigenvalue weighted by Gasteiger charge is 2.17. The van der Waals surface area contributed by atoms with Gasteiger partial charge in [-0.15, -0.1) is 0 Å². The van der Waals surface area contributed by atoms with Gasteiger partial charge in [0.15, 0.2) is 0 Å². The van der Waals surface area contributed by atoms with Gasteiger partial charge < -0.3 is 15.2 Å². The molecule has 1 aliphatic heterocycles. The molecule has 92 valence electrons. The van der Waals surface area contributed by atoms with Crippen LogP contribution in [0, 0.1) is 5.92 Å². The van der Waals surface area contributed by atoms with E-state index < -0.39 is 0 Å². The monoisotopic (exact) mass is 271 g/mol. The molecule has 1 saturated heterocycles. The normalized spacial score (nSPS) is 19.2. The molecule has 0 amide bonds. The lowest BCUT2D eigenvalue weighted by Crippen LogP contribution is -2.16. The van der Waals surface area contributed by atoms with E-state index in [1.54, 1.807) is 18.2 Å². The maximum atomic E-state index is 5.90. The van der Waals surface area contributed by atoms with Crippen molar-refractivity contribution in [3.8, 4) is 5.75 Å². The molecule has 5 heteroatoms. The van der Waals surface area contributed by atoms with Crippen molar-refractivity contribution in [2.45, 2.75) is 6.42 Å². The lowest BCUT2D eigenvalue weighted by atomic mass is 10.1. The number of thiocarbonyl (C=S) groups is 1. The summed E-state index contributed by atoms with van der Waals surface area (Å²) in [6, 6.07) is 5.29. The van der Waals surface area contributed by atoms with E-state index in [0.717, 1.165) is 19.6 Å². The number of halogens is 1. The lowest BCUT2D eigenvalue weighted by Gasteiger charge is -2.13. The summed E-state index contributed by atoms with van der Waals surface area (Å²) in [5.74, 6) is 1.14. The highest BCUT2D eigenvalue weighted by atomic mass is 35.5. The number of rotatable bonds is 4. The van der Waals surface area contributed by atoms with Crippen LogP contribution in [0.2, 0.25) is 5.02 Å². The van der Waals surface area contributed by atoms with Gasteiger partial charge in [0.2, 0.25) is 0 Å². The van der Waals surface area contributed by atoms with Crippen molar-refractivity contribution in [1.82, 2.24) is 0 Å². The van der Waals surface area contributed by atoms with Gasteiger partial charge in [0, 0.05) is 17.5 Å². The minimum absolute atomic E-state index is 0.296. The van der Waals surface area contributed by atoms with Crippen LogP contribution in [0.5, 0.6) is 5.75 Å². The minimum Gasteiger partial charge on any atom is -0.492 e. The molecule has 1 fully saturated rings. The van der Waals surface area contributed by atoms with Crippen molar-refractivity contribution < 1.29 is 9.47 Å². The summed E-state index contributed by atoms with van der Waals surface area (Å²) in [5, 5.41) is 0.601. The number of ether oxygens (including phenoxy) is 2. The zero-order chi connectivity index (χ0) is 12.3. The Labute approximate surface area is 111 Å². The molecule has 3 nitrogen and oxygen atoms in total. The second kappa shape index (κ2) is 5.67. The Morgan fingerprint density at radius 2 is 2.41 bits per heavy atom. The largest absolute Gasteiger partial charge is 0.492 e. The van der Waals surface area contributed by atoms with Gasteiger partial charge in [-0.25, -0.2) is 0 Å². The van der Waals surface area contributed by atoms with Crippen molar-refractivity contribution >= 4 is 28.8 Å². The van der Waals surface area contributed by atoms with E-state index in [-0.39, 0.29) is 0 Å². The molecule has 1 unspecified atom stereocenters. The molecule has 2 N–H and O–H groups in total. The highest BCUT2D eigenvalue weighted by molar-refractivity contribution is 7.80. The predicted octanol–water partition coefficient (Wildman–Crippen LogP) is 2.39. The third-order valence-electron chi connectivity index (χ3n) is 2.71. The van der Waals surface area contributed by atoms with Gasteiger partial charge in [0.1, 0.15) is 10.7 Å². The van der Waals surface area contributed by atoms with E-state index in [0.29, 0.717) is 33.8 Å². The Morgan fingerprint density at radius 3 is 3.06 bits per heavy atom. The van der Waals surface area contributed by atoms with Crippen LogP contribution in [0.25, 0.3) is 0 Å². The van der Waals surface area contributed by atoms with E-state index in [2.05, 4.69) is 0 Å². The lowest BCUT2D eigenvalue weighted by molar-refractivity contribution is 0.167. The Kier molecular flexibility index (Phi) is 4.20. The summed E-state index contributed by atoms with van der Waals surface area (Å²) in [4.78, 5) is 0.296. The highest BCUT2D eigenvalue weighted by Crippen LogP contribution is 2.24. The third-order valence-corrected chi connectivity index (χ3v) is 3.16. The Balaban J connectivity index is 2.06. The van der Waals surface area contributed by atoms with Crippen LogP contribution in [-0.2, 0) is 4.74 Å². The van der Waals surface area contributed by atoms with Gasteiger partial charge in [0.05, 0.1) is 18.8 Å². The fraction of sp³-hybridized carbons (Fsp3) is 0.417. The summed E-state index contributed by atoms with van der Waals surface area (Å²) < 4.78 is 11.0. The molecule has 17 heavy (non-hydrogen) atoms. The van der Waals surface area contributed by atoms with E-state index in [1.807, 2.05) is 0 Å². The average Bonchev–Trinajstić information content (AvgIpc) is 2.80. The molecule has 0 bridgehead atoms. The summed E-state index contributed by atoms with van der Waals surface area (Å²) in [6.07, 6.45) is 1.04. The van der Waals surface area contributed by atoms with Gasteiger partial charge >= 0.3 is 0 Å². The van der Waals surface area contributed by atoms with Crippen molar-refractivity contribution in [3.63, 3.8) is 0 Å². The number of hydrogen-bond donors (Lipinski definition) is 1. The Bertz CT molecular complexity index is 419. The van der Waals surface area contributed by atoms with Gasteiger partial charge in [-0.3, -0.25) is 0 Å². The number of hydrogen-bond acceptors (Lipinski definition) is 3. The zero-order valence-electron chi connectivity index (χ0n) is 9.32. The maximum absolute atomic E-state index is 5.90. The predicted molar refractivity (Wildman–Crippen MR) is 71.8 cm³/mol. The fourth-order valence-corrected chi connectivity index (χ4v) is 2.07. The molecule has 1 aromatic carbocycles. The zero-order valence-corrected chi connectivity index (χ0v) is 10.9. The molecule has 1 aromatic rings. The molecule has 0 saturated carbocycles. The smallest absolute Gasteiger partial charge is 0.129 e. The second-order valence-corrected chi connectivity index (χ2v) is 4.92. The number of benzene rings is 1. The van der Waals surface area contributed by atoms with Crippen molar-refractivity contribution in [2.75, 3.05) is 19.8 Å². The molecule has 1 aliphatic rings. The molecule has 1 heterocycles. The van der Waals surface area contributed by atoms with Crippen LogP contribution in [0.1, 0.15) is 12.0 Å². The average molecular weight is 272 g/mol. The SMILES string of the molecule is NC(=S)c1cc(Cl)ccc1OCC1CCOC1. The van der Waals surface area contributed by atoms with Gasteiger partial charge in [-0.1, -0.05) is 23.8 Å². The topological polar surface area (TPSA) is 44.5 Å². The van der Waals surface area contributed by atoms with E-state index in [9.17, 15) is 0 Å². The van der Waals surface area contributed by atoms with Crippen LogP contribution < -0.4 is 10.5 Å². The molecular formula is C12H14ClNO2S. The van der Waals surface area contributed by atoms with E-state index in [4.69, 9.17) is 39.0 Å². The maximum Gasteiger partial charge on any atom is 0.129 e. The van der Waals surface area contributed by atoms with Gasteiger partial charge in [-0.2, -0.15) is 0 Å². The molecular weight excluding hydrogens is 258 g/mol. The molecule has 0 aromatic heterocycles. The van der Waals surface area contributed by atoms with Crippen molar-refractivity contribution in [1.29, 1.82) is 0 Å². The molecule has 0 spiro atoms. The van der Waals surface area contributed by atoms with Crippen LogP contribution in [-0.4, -0.2) is 24.8 Å². The minimum atomic E-state index is 0.296. The van der Waals surface area contributed by atoms with Gasteiger partial charge in [0.25, 0.3) is 0 Å². The first-order valence-corrected chi connectivity index (χ1v) is 6.25. The van der Waals surface area contributed by atoms with Crippen LogP contribution >= 0.6 is 23.8 Å². The molecule has 0 aliphatic carbocycles. The third kappa shape index (κ3) is 3.31. The van der Waals surface area contributed by atoms with E-state index in [1.165, 1.54) is 0 Å². The molecule has 0 radical (unpaired) electrons. The summed E-state index contributed by atoms with van der Waals surface area (Å²) in [7, 11) is 0. The quantitative estimate of drug-likeness (QED) is 0.854.